The third-order valence-electron chi connectivity index (χ3n) is 6.22. The lowest BCUT2D eigenvalue weighted by Crippen LogP contribution is -2.58. The van der Waals surface area contributed by atoms with E-state index in [9.17, 15) is 9.59 Å². The molecule has 2 amide bonds. The molecule has 3 N–H and O–H groups in total. The zero-order valence-corrected chi connectivity index (χ0v) is 18.4. The van der Waals surface area contributed by atoms with E-state index in [2.05, 4.69) is 20.3 Å². The molecule has 5 rings (SSSR count). The van der Waals surface area contributed by atoms with Crippen LogP contribution < -0.4 is 15.8 Å². The second-order valence-corrected chi connectivity index (χ2v) is 9.59. The third-order valence-corrected chi connectivity index (χ3v) is 7.40. The van der Waals surface area contributed by atoms with Crippen LogP contribution in [-0.4, -0.2) is 38.9 Å². The van der Waals surface area contributed by atoms with E-state index in [1.807, 2.05) is 25.1 Å². The molecule has 32 heavy (non-hydrogen) atoms. The van der Waals surface area contributed by atoms with Gasteiger partial charge in [0.1, 0.15) is 21.6 Å². The van der Waals surface area contributed by atoms with Crippen molar-refractivity contribution in [2.24, 2.45) is 11.1 Å². The Kier molecular flexibility index (Phi) is 5.13. The highest BCUT2D eigenvalue weighted by Gasteiger charge is 2.54. The molecule has 9 heteroatoms. The minimum Gasteiger partial charge on any atom is -0.474 e. The molecule has 2 aliphatic carbocycles. The number of nitrogens with one attached hydrogen (secondary N) is 1. The van der Waals surface area contributed by atoms with Gasteiger partial charge in [-0.1, -0.05) is 6.07 Å². The molecule has 8 nitrogen and oxygen atoms in total. The molecule has 3 aromatic rings. The van der Waals surface area contributed by atoms with E-state index in [4.69, 9.17) is 10.5 Å². The summed E-state index contributed by atoms with van der Waals surface area (Å²) < 4.78 is 5.91. The lowest BCUT2D eigenvalue weighted by molar-refractivity contribution is -0.0848. The van der Waals surface area contributed by atoms with Crippen molar-refractivity contribution in [3.63, 3.8) is 0 Å². The predicted octanol–water partition coefficient (Wildman–Crippen LogP) is 3.13. The maximum absolute atomic E-state index is 12.8. The molecule has 0 unspecified atom stereocenters. The molecular formula is C23H23N5O3S. The average molecular weight is 450 g/mol. The molecule has 3 aromatic heterocycles. The summed E-state index contributed by atoms with van der Waals surface area (Å²) in [7, 11) is 0. The van der Waals surface area contributed by atoms with Crippen molar-refractivity contribution in [3.8, 4) is 16.6 Å². The summed E-state index contributed by atoms with van der Waals surface area (Å²) in [5.41, 5.74) is 7.39. The van der Waals surface area contributed by atoms with Crippen molar-refractivity contribution < 1.29 is 14.3 Å². The minimum atomic E-state index is -0.543. The van der Waals surface area contributed by atoms with Gasteiger partial charge in [0.05, 0.1) is 11.4 Å². The molecule has 0 aromatic carbocycles. The standard InChI is InChI=1S/C23H23N5O3S/c1-13-18(32-22(27-13)17-6-2-3-7-25-17)20(30)28-14-9-23(10-14)11-15(12-23)31-21-16(19(24)29)5-4-8-26-21/h2-8,14-15H,9-12H2,1H3,(H2,24,29)(H,28,30). The van der Waals surface area contributed by atoms with Crippen molar-refractivity contribution >= 4 is 23.2 Å². The van der Waals surface area contributed by atoms with Gasteiger partial charge in [0.25, 0.3) is 11.8 Å². The van der Waals surface area contributed by atoms with Gasteiger partial charge in [0.15, 0.2) is 0 Å². The van der Waals surface area contributed by atoms with Gasteiger partial charge in [0.2, 0.25) is 5.88 Å². The molecular weight excluding hydrogens is 426 g/mol. The number of hydrogen-bond acceptors (Lipinski definition) is 7. The van der Waals surface area contributed by atoms with Gasteiger partial charge in [-0.25, -0.2) is 9.97 Å². The molecule has 2 saturated carbocycles. The molecule has 2 fully saturated rings. The average Bonchev–Trinajstić information content (AvgIpc) is 3.13. The first-order valence-electron chi connectivity index (χ1n) is 10.5. The second-order valence-electron chi connectivity index (χ2n) is 8.60. The first-order chi connectivity index (χ1) is 15.4. The van der Waals surface area contributed by atoms with E-state index < -0.39 is 5.91 Å². The van der Waals surface area contributed by atoms with E-state index in [0.29, 0.717) is 16.3 Å². The fourth-order valence-corrected chi connectivity index (χ4v) is 5.64. The molecule has 2 aliphatic rings. The van der Waals surface area contributed by atoms with Gasteiger partial charge >= 0.3 is 0 Å². The largest absolute Gasteiger partial charge is 0.474 e. The van der Waals surface area contributed by atoms with E-state index in [1.165, 1.54) is 11.3 Å². The SMILES string of the molecule is Cc1nc(-c2ccccn2)sc1C(=O)NC1CC2(C1)CC(Oc1ncccc1C(N)=O)C2. The van der Waals surface area contributed by atoms with Crippen LogP contribution in [0.3, 0.4) is 0 Å². The number of thiazole rings is 1. The topological polar surface area (TPSA) is 120 Å². The van der Waals surface area contributed by atoms with Crippen LogP contribution in [0.2, 0.25) is 0 Å². The Bertz CT molecular complexity index is 1170. The lowest BCUT2D eigenvalue weighted by Gasteiger charge is -2.57. The normalized spacial score (nSPS) is 23.8. The van der Waals surface area contributed by atoms with Crippen molar-refractivity contribution in [1.82, 2.24) is 20.3 Å². The third kappa shape index (κ3) is 3.84. The maximum atomic E-state index is 12.8. The smallest absolute Gasteiger partial charge is 0.263 e. The first-order valence-corrected chi connectivity index (χ1v) is 11.4. The summed E-state index contributed by atoms with van der Waals surface area (Å²) in [6.07, 6.45) is 6.95. The molecule has 164 valence electrons. The molecule has 0 atom stereocenters. The summed E-state index contributed by atoms with van der Waals surface area (Å²) >= 11 is 1.37. The Morgan fingerprint density at radius 3 is 2.62 bits per heavy atom. The van der Waals surface area contributed by atoms with E-state index in [-0.39, 0.29) is 23.5 Å². The van der Waals surface area contributed by atoms with Gasteiger partial charge < -0.3 is 15.8 Å². The molecule has 1 spiro atoms. The van der Waals surface area contributed by atoms with Crippen molar-refractivity contribution in [3.05, 3.63) is 58.9 Å². The monoisotopic (exact) mass is 449 g/mol. The number of hydrogen-bond donors (Lipinski definition) is 2. The Morgan fingerprint density at radius 1 is 1.12 bits per heavy atom. The number of primary amides is 1. The van der Waals surface area contributed by atoms with Gasteiger partial charge in [-0.3, -0.25) is 14.6 Å². The van der Waals surface area contributed by atoms with E-state index >= 15 is 0 Å². The van der Waals surface area contributed by atoms with Crippen molar-refractivity contribution in [2.45, 2.75) is 44.8 Å². The fourth-order valence-electron chi connectivity index (χ4n) is 4.70. The van der Waals surface area contributed by atoms with Crippen molar-refractivity contribution in [2.75, 3.05) is 0 Å². The predicted molar refractivity (Wildman–Crippen MR) is 119 cm³/mol. The number of carbonyl (C=O) groups excluding carboxylic acids is 2. The second kappa shape index (κ2) is 7.98. The van der Waals surface area contributed by atoms with E-state index in [1.54, 1.807) is 24.5 Å². The van der Waals surface area contributed by atoms with Gasteiger partial charge in [-0.05, 0) is 62.3 Å². The highest BCUT2D eigenvalue weighted by Crippen LogP contribution is 2.56. The number of amides is 2. The number of nitrogens with zero attached hydrogens (tertiary/aromatic N) is 3. The van der Waals surface area contributed by atoms with Crippen LogP contribution in [0.1, 0.15) is 51.4 Å². The maximum Gasteiger partial charge on any atom is 0.263 e. The van der Waals surface area contributed by atoms with Crippen LogP contribution in [0.25, 0.3) is 10.7 Å². The van der Waals surface area contributed by atoms with Crippen LogP contribution in [-0.2, 0) is 0 Å². The summed E-state index contributed by atoms with van der Waals surface area (Å²) in [5, 5.41) is 3.90. The Hall–Kier alpha value is -3.33. The number of pyridine rings is 2. The zero-order chi connectivity index (χ0) is 22.3. The molecule has 0 bridgehead atoms. The Balaban J connectivity index is 1.14. The highest BCUT2D eigenvalue weighted by molar-refractivity contribution is 7.17. The summed E-state index contributed by atoms with van der Waals surface area (Å²) in [6, 6.07) is 9.09. The number of rotatable bonds is 6. The number of carbonyl (C=O) groups is 2. The lowest BCUT2D eigenvalue weighted by atomic mass is 9.53. The van der Waals surface area contributed by atoms with Crippen LogP contribution >= 0.6 is 11.3 Å². The van der Waals surface area contributed by atoms with Gasteiger partial charge in [-0.2, -0.15) is 0 Å². The van der Waals surface area contributed by atoms with Crippen LogP contribution in [0.15, 0.2) is 42.7 Å². The Labute approximate surface area is 189 Å². The van der Waals surface area contributed by atoms with Crippen LogP contribution in [0, 0.1) is 12.3 Å². The van der Waals surface area contributed by atoms with Gasteiger partial charge in [0, 0.05) is 18.4 Å². The van der Waals surface area contributed by atoms with E-state index in [0.717, 1.165) is 42.1 Å². The number of aryl methyl sites for hydroxylation is 1. The molecule has 0 aliphatic heterocycles. The number of nitrogens with two attached hydrogens (primary N) is 1. The van der Waals surface area contributed by atoms with Crippen LogP contribution in [0.4, 0.5) is 0 Å². The highest BCUT2D eigenvalue weighted by atomic mass is 32.1. The van der Waals surface area contributed by atoms with Crippen LogP contribution in [0.5, 0.6) is 5.88 Å². The molecule has 0 saturated heterocycles. The first kappa shape index (κ1) is 20.6. The molecule has 0 radical (unpaired) electrons. The number of aromatic nitrogens is 3. The Morgan fingerprint density at radius 2 is 1.91 bits per heavy atom. The quantitative estimate of drug-likeness (QED) is 0.597. The molecule has 3 heterocycles. The summed E-state index contributed by atoms with van der Waals surface area (Å²) in [5.74, 6) is -0.319. The fraction of sp³-hybridized carbons (Fsp3) is 0.348. The summed E-state index contributed by atoms with van der Waals surface area (Å²) in [6.45, 7) is 1.85. The summed E-state index contributed by atoms with van der Waals surface area (Å²) in [4.78, 5) is 37.9. The van der Waals surface area contributed by atoms with Crippen molar-refractivity contribution in [1.29, 1.82) is 0 Å². The zero-order valence-electron chi connectivity index (χ0n) is 17.6. The minimum absolute atomic E-state index is 0.0179. The number of ether oxygens (including phenoxy) is 1. The van der Waals surface area contributed by atoms with Gasteiger partial charge in [-0.15, -0.1) is 11.3 Å².